The van der Waals surface area contributed by atoms with Crippen molar-refractivity contribution >= 4 is 29.3 Å². The average molecular weight is 343 g/mol. The molecule has 2 aromatic rings. The number of aromatic hydroxyl groups is 1. The van der Waals surface area contributed by atoms with Crippen molar-refractivity contribution in [3.05, 3.63) is 22.9 Å². The fraction of sp³-hybridized carbons (Fsp3) is 0.438. The number of aryl methyl sites for hydroxylation is 1. The molecule has 2 N–H and O–H groups in total. The summed E-state index contributed by atoms with van der Waals surface area (Å²) in [5, 5.41) is 11.1. The van der Waals surface area contributed by atoms with Crippen LogP contribution in [0, 0.1) is 6.92 Å². The molecule has 0 amide bonds. The Morgan fingerprint density at radius 3 is 2.57 bits per heavy atom. The highest BCUT2D eigenvalue weighted by Gasteiger charge is 2.24. The van der Waals surface area contributed by atoms with Gasteiger partial charge in [0.2, 0.25) is 0 Å². The van der Waals surface area contributed by atoms with E-state index >= 15 is 0 Å². The van der Waals surface area contributed by atoms with Gasteiger partial charge in [-0.2, -0.15) is 0 Å². The zero-order valence-electron chi connectivity index (χ0n) is 14.0. The molecule has 1 heterocycles. The minimum atomic E-state index is -0.393. The molecule has 0 atom stereocenters. The number of nitrogens with zero attached hydrogens (tertiary/aromatic N) is 1. The number of hydrogen-bond acceptors (Lipinski definition) is 5. The Bertz CT molecular complexity index is 710. The molecule has 6 nitrogen and oxygen atoms in total. The van der Waals surface area contributed by atoms with E-state index in [1.807, 2.05) is 25.9 Å². The summed E-state index contributed by atoms with van der Waals surface area (Å²) in [6, 6.07) is 1.69. The molecule has 0 saturated heterocycles. The molecular formula is C16H23ClN2O4. The number of aromatic amines is 1. The lowest BCUT2D eigenvalue weighted by Gasteiger charge is -2.15. The van der Waals surface area contributed by atoms with Gasteiger partial charge >= 0.3 is 5.97 Å². The Balaban J connectivity index is 0.00000264. The maximum absolute atomic E-state index is 12.3. The summed E-state index contributed by atoms with van der Waals surface area (Å²) in [6.45, 7) is 4.36. The molecule has 1 aromatic heterocycles. The number of carbonyl (C=O) groups excluding carboxylic acids is 1. The molecule has 1 aromatic carbocycles. The van der Waals surface area contributed by atoms with Gasteiger partial charge in [-0.25, -0.2) is 4.79 Å². The van der Waals surface area contributed by atoms with Gasteiger partial charge in [0.05, 0.1) is 24.8 Å². The lowest BCUT2D eigenvalue weighted by atomic mass is 10.0. The number of methoxy groups -OCH3 is 1. The van der Waals surface area contributed by atoms with E-state index in [0.29, 0.717) is 41.1 Å². The van der Waals surface area contributed by atoms with E-state index in [1.165, 1.54) is 7.11 Å². The molecular weight excluding hydrogens is 320 g/mol. The molecule has 0 aliphatic heterocycles. The van der Waals surface area contributed by atoms with E-state index in [4.69, 9.17) is 9.47 Å². The van der Waals surface area contributed by atoms with Crippen LogP contribution in [0.15, 0.2) is 6.07 Å². The van der Waals surface area contributed by atoms with Crippen molar-refractivity contribution in [2.75, 3.05) is 27.8 Å². The highest BCUT2D eigenvalue weighted by Crippen LogP contribution is 2.39. The van der Waals surface area contributed by atoms with E-state index in [1.54, 1.807) is 13.0 Å². The van der Waals surface area contributed by atoms with Crippen LogP contribution in [0.5, 0.6) is 11.5 Å². The minimum absolute atomic E-state index is 0. The van der Waals surface area contributed by atoms with Gasteiger partial charge in [-0.15, -0.1) is 12.4 Å². The lowest BCUT2D eigenvalue weighted by Crippen LogP contribution is -2.13. The summed E-state index contributed by atoms with van der Waals surface area (Å²) in [7, 11) is 5.30. The zero-order valence-corrected chi connectivity index (χ0v) is 14.8. The Labute approximate surface area is 141 Å². The van der Waals surface area contributed by atoms with Crippen molar-refractivity contribution in [3.8, 4) is 11.5 Å². The number of esters is 1. The van der Waals surface area contributed by atoms with Gasteiger partial charge in [0.25, 0.3) is 0 Å². The Morgan fingerprint density at radius 2 is 2.04 bits per heavy atom. The second kappa shape index (κ2) is 7.57. The van der Waals surface area contributed by atoms with Crippen LogP contribution in [-0.4, -0.2) is 48.8 Å². The zero-order chi connectivity index (χ0) is 16.4. The van der Waals surface area contributed by atoms with Crippen LogP contribution in [0.3, 0.4) is 0 Å². The molecule has 2 rings (SSSR count). The number of benzene rings is 1. The van der Waals surface area contributed by atoms with Crippen molar-refractivity contribution in [3.63, 3.8) is 0 Å². The van der Waals surface area contributed by atoms with Gasteiger partial charge in [0.15, 0.2) is 11.5 Å². The van der Waals surface area contributed by atoms with Crippen LogP contribution in [-0.2, 0) is 11.3 Å². The largest absolute Gasteiger partial charge is 0.504 e. The maximum Gasteiger partial charge on any atom is 0.340 e. The molecule has 23 heavy (non-hydrogen) atoms. The van der Waals surface area contributed by atoms with Gasteiger partial charge in [-0.3, -0.25) is 0 Å². The molecule has 128 valence electrons. The Morgan fingerprint density at radius 1 is 1.39 bits per heavy atom. The monoisotopic (exact) mass is 342 g/mol. The predicted molar refractivity (Wildman–Crippen MR) is 91.8 cm³/mol. The summed E-state index contributed by atoms with van der Waals surface area (Å²) in [6.07, 6.45) is 0. The summed E-state index contributed by atoms with van der Waals surface area (Å²) in [5.74, 6) is 0.0325. The number of halogens is 1. The average Bonchev–Trinajstić information content (AvgIpc) is 2.77. The molecule has 0 fully saturated rings. The number of aromatic nitrogens is 1. The van der Waals surface area contributed by atoms with Crippen LogP contribution in [0.2, 0.25) is 0 Å². The third-order valence-corrected chi connectivity index (χ3v) is 3.49. The van der Waals surface area contributed by atoms with Gasteiger partial charge in [-0.1, -0.05) is 0 Å². The molecule has 0 unspecified atom stereocenters. The first-order valence-electron chi connectivity index (χ1n) is 7.13. The number of nitrogens with one attached hydrogen (secondary N) is 1. The first-order chi connectivity index (χ1) is 10.4. The lowest BCUT2D eigenvalue weighted by molar-refractivity contribution is 0.0528. The third kappa shape index (κ3) is 3.54. The van der Waals surface area contributed by atoms with Crippen molar-refractivity contribution in [1.82, 2.24) is 9.88 Å². The van der Waals surface area contributed by atoms with Gasteiger partial charge < -0.3 is 24.5 Å². The molecule has 0 bridgehead atoms. The molecule has 7 heteroatoms. The molecule has 0 radical (unpaired) electrons. The van der Waals surface area contributed by atoms with E-state index in [0.717, 1.165) is 5.52 Å². The van der Waals surface area contributed by atoms with Gasteiger partial charge in [0, 0.05) is 29.3 Å². The van der Waals surface area contributed by atoms with E-state index in [2.05, 4.69) is 4.98 Å². The number of fused-ring (bicyclic) bond motifs is 1. The Hall–Kier alpha value is -1.92. The van der Waals surface area contributed by atoms with Crippen molar-refractivity contribution in [1.29, 1.82) is 0 Å². The number of ether oxygens (including phenoxy) is 2. The SMILES string of the molecule is CCOC(=O)c1c(C)[nH]c2cc(OC)c(O)c(CN(C)C)c12.Cl. The minimum Gasteiger partial charge on any atom is -0.504 e. The highest BCUT2D eigenvalue weighted by molar-refractivity contribution is 6.08. The number of phenolic OH excluding ortho intramolecular Hbond substituents is 1. The highest BCUT2D eigenvalue weighted by atomic mass is 35.5. The fourth-order valence-electron chi connectivity index (χ4n) is 2.62. The molecule has 0 aliphatic rings. The standard InChI is InChI=1S/C16H22N2O4.ClH/c1-6-22-16(20)13-9(2)17-11-7-12(21-5)15(19)10(14(11)13)8-18(3)4;/h7,17,19H,6,8H2,1-5H3;1H. The van der Waals surface area contributed by atoms with Crippen LogP contribution < -0.4 is 4.74 Å². The van der Waals surface area contributed by atoms with Crippen molar-refractivity contribution in [2.24, 2.45) is 0 Å². The van der Waals surface area contributed by atoms with E-state index in [-0.39, 0.29) is 18.2 Å². The summed E-state index contributed by atoms with van der Waals surface area (Å²) < 4.78 is 10.4. The van der Waals surface area contributed by atoms with Crippen LogP contribution in [0.1, 0.15) is 28.5 Å². The Kier molecular flexibility index (Phi) is 6.29. The summed E-state index contributed by atoms with van der Waals surface area (Å²) in [4.78, 5) is 17.4. The number of phenols is 1. The normalized spacial score (nSPS) is 10.7. The fourth-order valence-corrected chi connectivity index (χ4v) is 2.62. The second-order valence-electron chi connectivity index (χ2n) is 5.41. The van der Waals surface area contributed by atoms with Gasteiger partial charge in [-0.05, 0) is 27.9 Å². The summed E-state index contributed by atoms with van der Waals surface area (Å²) >= 11 is 0. The maximum atomic E-state index is 12.3. The number of hydrogen-bond donors (Lipinski definition) is 2. The summed E-state index contributed by atoms with van der Waals surface area (Å²) in [5.41, 5.74) is 2.56. The second-order valence-corrected chi connectivity index (χ2v) is 5.41. The number of carbonyl (C=O) groups is 1. The van der Waals surface area contributed by atoms with E-state index < -0.39 is 5.97 Å². The number of rotatable bonds is 5. The molecule has 0 saturated carbocycles. The molecule has 0 spiro atoms. The topological polar surface area (TPSA) is 74.8 Å². The quantitative estimate of drug-likeness (QED) is 0.817. The third-order valence-electron chi connectivity index (χ3n) is 3.49. The first kappa shape index (κ1) is 19.1. The van der Waals surface area contributed by atoms with Crippen molar-refractivity contribution in [2.45, 2.75) is 20.4 Å². The smallest absolute Gasteiger partial charge is 0.340 e. The van der Waals surface area contributed by atoms with Crippen LogP contribution in [0.25, 0.3) is 10.9 Å². The van der Waals surface area contributed by atoms with Gasteiger partial charge in [0.1, 0.15) is 0 Å². The van der Waals surface area contributed by atoms with Crippen LogP contribution >= 0.6 is 12.4 Å². The van der Waals surface area contributed by atoms with Crippen molar-refractivity contribution < 1.29 is 19.4 Å². The van der Waals surface area contributed by atoms with E-state index in [9.17, 15) is 9.90 Å². The molecule has 0 aliphatic carbocycles. The number of H-pyrrole nitrogens is 1. The first-order valence-corrected chi connectivity index (χ1v) is 7.13. The van der Waals surface area contributed by atoms with Crippen LogP contribution in [0.4, 0.5) is 0 Å². The predicted octanol–water partition coefficient (Wildman–Crippen LogP) is 2.85.